The largest absolute Gasteiger partial charge is 0.395 e. The molecular weight excluding hydrogens is 486 g/mol. The van der Waals surface area contributed by atoms with Crippen LogP contribution in [-0.2, 0) is 20.9 Å². The summed E-state index contributed by atoms with van der Waals surface area (Å²) in [5.74, 6) is -1.58. The van der Waals surface area contributed by atoms with Crippen LogP contribution in [0.5, 0.6) is 0 Å². The van der Waals surface area contributed by atoms with Crippen LogP contribution in [0.2, 0.25) is 0 Å². The molecule has 0 aromatic heterocycles. The highest BCUT2D eigenvalue weighted by Gasteiger charge is 2.73. The Bertz CT molecular complexity index is 1110. The second-order valence-corrected chi connectivity index (χ2v) is 12.5. The van der Waals surface area contributed by atoms with E-state index in [0.717, 1.165) is 24.8 Å². The predicted molar refractivity (Wildman–Crippen MR) is 145 cm³/mol. The number of fused-ring (bicyclic) bond motifs is 2. The Labute approximate surface area is 223 Å². The molecule has 4 aliphatic heterocycles. The van der Waals surface area contributed by atoms with Crippen molar-refractivity contribution in [2.75, 3.05) is 32.8 Å². The van der Waals surface area contributed by atoms with E-state index in [9.17, 15) is 19.5 Å². The number of thioether (sulfide) groups is 1. The molecule has 1 aromatic carbocycles. The molecule has 4 aliphatic rings. The van der Waals surface area contributed by atoms with Gasteiger partial charge in [-0.05, 0) is 18.9 Å². The first-order valence-electron chi connectivity index (χ1n) is 13.4. The minimum absolute atomic E-state index is 0.0476. The monoisotopic (exact) mass is 523 g/mol. The molecule has 0 aliphatic carbocycles. The lowest BCUT2D eigenvalue weighted by molar-refractivity contribution is -0.145. The second-order valence-electron chi connectivity index (χ2n) is 10.8. The van der Waals surface area contributed by atoms with E-state index in [2.05, 4.69) is 13.0 Å². The molecular formula is C29H37N3O4S. The van der Waals surface area contributed by atoms with Gasteiger partial charge in [-0.3, -0.25) is 14.4 Å². The molecule has 2 fully saturated rings. The number of aliphatic hydroxyl groups is 1. The molecule has 1 N–H and O–H groups in total. The summed E-state index contributed by atoms with van der Waals surface area (Å²) < 4.78 is -1.47. The quantitative estimate of drug-likeness (QED) is 0.419. The number of carbonyl (C=O) groups is 3. The van der Waals surface area contributed by atoms with E-state index in [-0.39, 0.29) is 30.9 Å². The third kappa shape index (κ3) is 4.32. The van der Waals surface area contributed by atoms with Gasteiger partial charge in [0.25, 0.3) is 0 Å². The summed E-state index contributed by atoms with van der Waals surface area (Å²) in [5.41, 5.74) is 1.04. The number of nitrogens with zero attached hydrogens (tertiary/aromatic N) is 3. The molecule has 0 bridgehead atoms. The molecule has 2 saturated heterocycles. The highest BCUT2D eigenvalue weighted by molar-refractivity contribution is 8.02. The number of hydrogen-bond donors (Lipinski definition) is 1. The lowest BCUT2D eigenvalue weighted by atomic mass is 9.74. The van der Waals surface area contributed by atoms with Gasteiger partial charge in [-0.2, -0.15) is 0 Å². The van der Waals surface area contributed by atoms with Gasteiger partial charge >= 0.3 is 0 Å². The minimum atomic E-state index is -0.849. The Morgan fingerprint density at radius 3 is 2.38 bits per heavy atom. The fraction of sp³-hybridized carbons (Fsp3) is 0.552. The zero-order valence-electron chi connectivity index (χ0n) is 21.7. The topological polar surface area (TPSA) is 81.2 Å². The van der Waals surface area contributed by atoms with Crippen molar-refractivity contribution in [1.82, 2.24) is 14.7 Å². The number of unbranched alkanes of at least 4 members (excludes halogenated alkanes) is 2. The van der Waals surface area contributed by atoms with E-state index in [4.69, 9.17) is 0 Å². The molecule has 5 atom stereocenters. The van der Waals surface area contributed by atoms with Gasteiger partial charge in [0, 0.05) is 37.5 Å². The van der Waals surface area contributed by atoms with Gasteiger partial charge in [0.15, 0.2) is 0 Å². The predicted octanol–water partition coefficient (Wildman–Crippen LogP) is 2.85. The van der Waals surface area contributed by atoms with Crippen LogP contribution in [0.1, 0.15) is 38.7 Å². The minimum Gasteiger partial charge on any atom is -0.395 e. The van der Waals surface area contributed by atoms with Gasteiger partial charge < -0.3 is 19.8 Å². The van der Waals surface area contributed by atoms with Gasteiger partial charge in [-0.25, -0.2) is 0 Å². The van der Waals surface area contributed by atoms with Crippen LogP contribution >= 0.6 is 11.8 Å². The van der Waals surface area contributed by atoms with Crippen LogP contribution in [0.4, 0.5) is 0 Å². The van der Waals surface area contributed by atoms with E-state index in [1.807, 2.05) is 65.3 Å². The van der Waals surface area contributed by atoms with Gasteiger partial charge in [0.2, 0.25) is 17.7 Å². The van der Waals surface area contributed by atoms with Crippen LogP contribution in [0.3, 0.4) is 0 Å². The first-order valence-corrected chi connectivity index (χ1v) is 14.3. The van der Waals surface area contributed by atoms with Crippen LogP contribution in [0.25, 0.3) is 0 Å². The number of β-amino-alcohol motifs (C(OH)–C–C–N with tert-alkyl or cyclic N) is 1. The van der Waals surface area contributed by atoms with Crippen LogP contribution < -0.4 is 0 Å². The molecule has 198 valence electrons. The molecule has 8 heteroatoms. The average molecular weight is 524 g/mol. The van der Waals surface area contributed by atoms with Gasteiger partial charge in [0.1, 0.15) is 6.04 Å². The fourth-order valence-electron chi connectivity index (χ4n) is 6.67. The van der Waals surface area contributed by atoms with Gasteiger partial charge in [-0.15, -0.1) is 11.8 Å². The molecule has 3 amide bonds. The number of benzene rings is 1. The molecule has 0 radical (unpaired) electrons. The number of likely N-dealkylation sites (tertiary alicyclic amines) is 1. The highest BCUT2D eigenvalue weighted by atomic mass is 32.2. The third-order valence-electron chi connectivity index (χ3n) is 8.31. The summed E-state index contributed by atoms with van der Waals surface area (Å²) in [6.45, 7) is 6.14. The van der Waals surface area contributed by atoms with Crippen molar-refractivity contribution in [3.63, 3.8) is 0 Å². The summed E-state index contributed by atoms with van der Waals surface area (Å²) in [5, 5.41) is 9.85. The van der Waals surface area contributed by atoms with Crippen LogP contribution in [-0.4, -0.2) is 85.8 Å². The first-order chi connectivity index (χ1) is 17.9. The van der Waals surface area contributed by atoms with Gasteiger partial charge in [-0.1, -0.05) is 74.4 Å². The molecule has 1 unspecified atom stereocenters. The second kappa shape index (κ2) is 10.3. The standard InChI is InChI=1S/C29H37N3O4S/c1-3-4-8-15-30-16-10-14-29-23(26(35)32(18-19-33)24(29)27(30)36)22-25(34)31(17-9-13-28(22,2)37-29)20-21-11-6-5-7-12-21/h5-7,9-14,22-24,33H,3-4,8,15-20H2,1-2H3/t22-,23+,24?,28+,29+/m1/s1. The van der Waals surface area contributed by atoms with Crippen molar-refractivity contribution < 1.29 is 19.5 Å². The summed E-state index contributed by atoms with van der Waals surface area (Å²) in [6, 6.07) is 9.16. The highest BCUT2D eigenvalue weighted by Crippen LogP contribution is 2.65. The fourth-order valence-corrected chi connectivity index (χ4v) is 8.82. The zero-order valence-corrected chi connectivity index (χ0v) is 22.5. The maximum atomic E-state index is 14.2. The van der Waals surface area contributed by atoms with Crippen molar-refractivity contribution in [3.05, 3.63) is 60.2 Å². The van der Waals surface area contributed by atoms with Gasteiger partial charge in [0.05, 0.1) is 23.2 Å². The lowest BCUT2D eigenvalue weighted by Crippen LogP contribution is -2.54. The lowest BCUT2D eigenvalue weighted by Gasteiger charge is -2.36. The molecule has 5 rings (SSSR count). The molecule has 4 heterocycles. The first kappa shape index (κ1) is 26.0. The average Bonchev–Trinajstić information content (AvgIpc) is 3.15. The van der Waals surface area contributed by atoms with Crippen molar-refractivity contribution in [2.45, 2.75) is 55.2 Å². The molecule has 7 nitrogen and oxygen atoms in total. The van der Waals surface area contributed by atoms with E-state index in [1.54, 1.807) is 16.7 Å². The number of hydrogen-bond acceptors (Lipinski definition) is 5. The van der Waals surface area contributed by atoms with Crippen LogP contribution in [0, 0.1) is 11.8 Å². The van der Waals surface area contributed by atoms with Crippen molar-refractivity contribution in [1.29, 1.82) is 0 Å². The summed E-state index contributed by atoms with van der Waals surface area (Å²) >= 11 is 1.59. The Balaban J connectivity index is 1.53. The SMILES string of the molecule is CCCCCN1CC=C[C@]23S[C@@]4(C)C=CCN(Cc5ccccc5)C(=O)[C@H]4[C@H]2C(=O)N(CCO)C3C1=O. The van der Waals surface area contributed by atoms with E-state index < -0.39 is 27.4 Å². The Morgan fingerprint density at radius 1 is 0.919 bits per heavy atom. The number of amides is 3. The normalized spacial score (nSPS) is 32.9. The number of aliphatic hydroxyl groups excluding tert-OH is 1. The van der Waals surface area contributed by atoms with E-state index >= 15 is 0 Å². The van der Waals surface area contributed by atoms with Crippen molar-refractivity contribution in [2.24, 2.45) is 11.8 Å². The molecule has 1 aromatic rings. The van der Waals surface area contributed by atoms with E-state index in [0.29, 0.717) is 26.2 Å². The summed E-state index contributed by atoms with van der Waals surface area (Å²) in [4.78, 5) is 47.6. The summed E-state index contributed by atoms with van der Waals surface area (Å²) in [7, 11) is 0. The Morgan fingerprint density at radius 2 is 1.65 bits per heavy atom. The summed E-state index contributed by atoms with van der Waals surface area (Å²) in [6.07, 6.45) is 11.2. The smallest absolute Gasteiger partial charge is 0.247 e. The maximum absolute atomic E-state index is 14.2. The molecule has 1 spiro atoms. The third-order valence-corrected chi connectivity index (χ3v) is 10.1. The maximum Gasteiger partial charge on any atom is 0.247 e. The Kier molecular flexibility index (Phi) is 7.24. The van der Waals surface area contributed by atoms with Crippen LogP contribution in [0.15, 0.2) is 54.6 Å². The van der Waals surface area contributed by atoms with E-state index in [1.165, 1.54) is 0 Å². The molecule has 0 saturated carbocycles. The number of rotatable bonds is 8. The molecule has 37 heavy (non-hydrogen) atoms. The van der Waals surface area contributed by atoms with Crippen molar-refractivity contribution >= 4 is 29.5 Å². The number of carbonyl (C=O) groups excluding carboxylic acids is 3. The Hall–Kier alpha value is -2.58. The van der Waals surface area contributed by atoms with Crippen molar-refractivity contribution in [3.8, 4) is 0 Å². The zero-order chi connectivity index (χ0) is 26.2.